The number of esters is 1. The molecule has 0 saturated heterocycles. The highest BCUT2D eigenvalue weighted by atomic mass is 16.5. The predicted octanol–water partition coefficient (Wildman–Crippen LogP) is 3.17. The summed E-state index contributed by atoms with van der Waals surface area (Å²) in [5.74, 6) is -0.397. The van der Waals surface area contributed by atoms with Crippen LogP contribution >= 0.6 is 0 Å². The van der Waals surface area contributed by atoms with Gasteiger partial charge in [-0.3, -0.25) is 4.79 Å². The fourth-order valence-electron chi connectivity index (χ4n) is 2.37. The molecule has 0 aliphatic rings. The number of hydrogen-bond donors (Lipinski definition) is 0. The first kappa shape index (κ1) is 15.0. The molecule has 4 heteroatoms. The highest BCUT2D eigenvalue weighted by Crippen LogP contribution is 2.25. The smallest absolute Gasteiger partial charge is 0.354 e. The molecular weight excluding hydrogens is 266 g/mol. The van der Waals surface area contributed by atoms with Crippen molar-refractivity contribution in [3.05, 3.63) is 58.9 Å². The molecule has 0 unspecified atom stereocenters. The second-order valence-corrected chi connectivity index (χ2v) is 5.23. The molecule has 0 aliphatic heterocycles. The van der Waals surface area contributed by atoms with E-state index in [9.17, 15) is 9.59 Å². The molecule has 0 bridgehead atoms. The van der Waals surface area contributed by atoms with Crippen LogP contribution in [-0.4, -0.2) is 23.4 Å². The molecule has 110 valence electrons. The molecule has 0 fully saturated rings. The Morgan fingerprint density at radius 1 is 1.14 bits per heavy atom. The maximum absolute atomic E-state index is 12.6. The van der Waals surface area contributed by atoms with Gasteiger partial charge in [-0.15, -0.1) is 0 Å². The largest absolute Gasteiger partial charge is 0.464 e. The van der Waals surface area contributed by atoms with Gasteiger partial charge in [0.15, 0.2) is 0 Å². The van der Waals surface area contributed by atoms with Crippen LogP contribution in [0.25, 0.3) is 0 Å². The summed E-state index contributed by atoms with van der Waals surface area (Å²) < 4.78 is 6.46. The second-order valence-electron chi connectivity index (χ2n) is 5.23. The summed E-state index contributed by atoms with van der Waals surface area (Å²) in [7, 11) is 3.06. The van der Waals surface area contributed by atoms with Crippen LogP contribution in [0.1, 0.15) is 51.9 Å². The molecule has 0 amide bonds. The van der Waals surface area contributed by atoms with E-state index in [1.54, 1.807) is 29.8 Å². The number of hydrogen-bond acceptors (Lipinski definition) is 3. The molecular formula is C17H19NO3. The number of carbonyl (C=O) groups is 2. The van der Waals surface area contributed by atoms with Crippen LogP contribution in [0.3, 0.4) is 0 Å². The van der Waals surface area contributed by atoms with Crippen molar-refractivity contribution in [1.82, 2.24) is 4.57 Å². The van der Waals surface area contributed by atoms with Crippen LogP contribution in [-0.2, 0) is 11.8 Å². The van der Waals surface area contributed by atoms with Crippen molar-refractivity contribution < 1.29 is 14.3 Å². The zero-order chi connectivity index (χ0) is 15.6. The van der Waals surface area contributed by atoms with Gasteiger partial charge in [0.1, 0.15) is 5.69 Å². The minimum absolute atomic E-state index is 0.102. The lowest BCUT2D eigenvalue weighted by Gasteiger charge is -2.08. The van der Waals surface area contributed by atoms with Gasteiger partial charge >= 0.3 is 5.97 Å². The third kappa shape index (κ3) is 2.75. The number of methoxy groups -OCH3 is 1. The number of ether oxygens (including phenoxy) is 1. The number of ketones is 1. The van der Waals surface area contributed by atoms with Crippen molar-refractivity contribution in [3.63, 3.8) is 0 Å². The van der Waals surface area contributed by atoms with E-state index in [1.165, 1.54) is 7.11 Å². The minimum atomic E-state index is -0.423. The van der Waals surface area contributed by atoms with Gasteiger partial charge in [-0.1, -0.05) is 44.2 Å². The Morgan fingerprint density at radius 3 is 2.29 bits per heavy atom. The number of nitrogens with zero attached hydrogens (tertiary/aromatic N) is 1. The molecule has 1 aromatic heterocycles. The number of rotatable bonds is 4. The highest BCUT2D eigenvalue weighted by Gasteiger charge is 2.25. The number of aromatic nitrogens is 1. The maximum atomic E-state index is 12.6. The summed E-state index contributed by atoms with van der Waals surface area (Å²) in [6.45, 7) is 3.97. The molecule has 0 N–H and O–H groups in total. The average molecular weight is 285 g/mol. The average Bonchev–Trinajstić information content (AvgIpc) is 2.84. The third-order valence-corrected chi connectivity index (χ3v) is 3.53. The molecule has 0 radical (unpaired) electrons. The molecule has 1 aromatic carbocycles. The molecule has 21 heavy (non-hydrogen) atoms. The van der Waals surface area contributed by atoms with Crippen LogP contribution in [0.15, 0.2) is 36.4 Å². The van der Waals surface area contributed by atoms with E-state index in [1.807, 2.05) is 32.0 Å². The van der Waals surface area contributed by atoms with Crippen molar-refractivity contribution in [2.45, 2.75) is 19.8 Å². The molecule has 0 spiro atoms. The van der Waals surface area contributed by atoms with Crippen LogP contribution in [0.4, 0.5) is 0 Å². The lowest BCUT2D eigenvalue weighted by atomic mass is 10.0. The van der Waals surface area contributed by atoms with E-state index < -0.39 is 5.97 Å². The van der Waals surface area contributed by atoms with E-state index >= 15 is 0 Å². The fourth-order valence-corrected chi connectivity index (χ4v) is 2.37. The lowest BCUT2D eigenvalue weighted by Crippen LogP contribution is -2.14. The number of carbonyl (C=O) groups excluding carboxylic acids is 2. The maximum Gasteiger partial charge on any atom is 0.354 e. The van der Waals surface area contributed by atoms with E-state index in [0.29, 0.717) is 17.0 Å². The van der Waals surface area contributed by atoms with Gasteiger partial charge < -0.3 is 9.30 Å². The Bertz CT molecular complexity index is 669. The standard InChI is InChI=1S/C17H19NO3/c1-11(2)13-10-14(18(3)15(13)17(20)21-4)16(19)12-8-6-5-7-9-12/h5-11H,1-4H3. The Morgan fingerprint density at radius 2 is 1.76 bits per heavy atom. The first-order valence-electron chi connectivity index (χ1n) is 6.85. The monoisotopic (exact) mass is 285 g/mol. The van der Waals surface area contributed by atoms with Crippen molar-refractivity contribution in [1.29, 1.82) is 0 Å². The number of benzene rings is 1. The van der Waals surface area contributed by atoms with Crippen LogP contribution < -0.4 is 0 Å². The van der Waals surface area contributed by atoms with Crippen LogP contribution in [0.2, 0.25) is 0 Å². The molecule has 2 rings (SSSR count). The SMILES string of the molecule is COC(=O)c1c(C(C)C)cc(C(=O)c2ccccc2)n1C. The summed E-state index contributed by atoms with van der Waals surface area (Å²) >= 11 is 0. The van der Waals surface area contributed by atoms with Gasteiger partial charge in [-0.05, 0) is 17.5 Å². The minimum Gasteiger partial charge on any atom is -0.464 e. The Balaban J connectivity index is 2.56. The van der Waals surface area contributed by atoms with Crippen LogP contribution in [0, 0.1) is 0 Å². The zero-order valence-corrected chi connectivity index (χ0v) is 12.7. The van der Waals surface area contributed by atoms with Gasteiger partial charge in [-0.2, -0.15) is 0 Å². The normalized spacial score (nSPS) is 10.7. The predicted molar refractivity (Wildman–Crippen MR) is 80.7 cm³/mol. The van der Waals surface area contributed by atoms with Gasteiger partial charge in [0, 0.05) is 12.6 Å². The second kappa shape index (κ2) is 5.95. The Kier molecular flexibility index (Phi) is 4.26. The van der Waals surface area contributed by atoms with Crippen molar-refractivity contribution >= 4 is 11.8 Å². The highest BCUT2D eigenvalue weighted by molar-refractivity contribution is 6.09. The molecule has 0 aliphatic carbocycles. The van der Waals surface area contributed by atoms with Crippen molar-refractivity contribution in [3.8, 4) is 0 Å². The molecule has 0 saturated carbocycles. The van der Waals surface area contributed by atoms with Crippen LogP contribution in [0.5, 0.6) is 0 Å². The first-order chi connectivity index (χ1) is 9.97. The summed E-state index contributed by atoms with van der Waals surface area (Å²) in [6.07, 6.45) is 0. The lowest BCUT2D eigenvalue weighted by molar-refractivity contribution is 0.0588. The van der Waals surface area contributed by atoms with Crippen molar-refractivity contribution in [2.75, 3.05) is 7.11 Å². The molecule has 1 heterocycles. The van der Waals surface area contributed by atoms with E-state index in [4.69, 9.17) is 4.74 Å². The quantitative estimate of drug-likeness (QED) is 0.640. The van der Waals surface area contributed by atoms with Gasteiger partial charge in [0.05, 0.1) is 12.8 Å². The van der Waals surface area contributed by atoms with E-state index in [-0.39, 0.29) is 11.7 Å². The molecule has 2 aromatic rings. The molecule has 0 atom stereocenters. The summed E-state index contributed by atoms with van der Waals surface area (Å²) in [6, 6.07) is 10.8. The van der Waals surface area contributed by atoms with Gasteiger partial charge in [0.25, 0.3) is 0 Å². The topological polar surface area (TPSA) is 48.3 Å². The fraction of sp³-hybridized carbons (Fsp3) is 0.294. The summed E-state index contributed by atoms with van der Waals surface area (Å²) in [5, 5.41) is 0. The van der Waals surface area contributed by atoms with E-state index in [2.05, 4.69) is 0 Å². The Hall–Kier alpha value is -2.36. The van der Waals surface area contributed by atoms with E-state index in [0.717, 1.165) is 5.56 Å². The van der Waals surface area contributed by atoms with Gasteiger partial charge in [-0.25, -0.2) is 4.79 Å². The van der Waals surface area contributed by atoms with Crippen molar-refractivity contribution in [2.24, 2.45) is 7.05 Å². The molecule has 4 nitrogen and oxygen atoms in total. The summed E-state index contributed by atoms with van der Waals surface area (Å²) in [4.78, 5) is 24.6. The Labute approximate surface area is 124 Å². The van der Waals surface area contributed by atoms with Gasteiger partial charge in [0.2, 0.25) is 5.78 Å². The first-order valence-corrected chi connectivity index (χ1v) is 6.85. The third-order valence-electron chi connectivity index (χ3n) is 3.53. The zero-order valence-electron chi connectivity index (χ0n) is 12.7. The summed E-state index contributed by atoms with van der Waals surface area (Å²) in [5.41, 5.74) is 2.35.